The maximum absolute atomic E-state index is 14.3. The Hall–Kier alpha value is -3.20. The highest BCUT2D eigenvalue weighted by atomic mass is 32.1. The SMILES string of the molecule is N=CC(NC(=O)c1nc(-c2c(F)cccc2F)sc1N)C(=NCC(F)F)N1CCC(N)CC(F)(F)C1. The van der Waals surface area contributed by atoms with Gasteiger partial charge in [-0.3, -0.25) is 9.79 Å². The number of halogens is 6. The second kappa shape index (κ2) is 11.2. The quantitative estimate of drug-likeness (QED) is 0.246. The summed E-state index contributed by atoms with van der Waals surface area (Å²) in [6, 6.07) is 0.787. The third-order valence-electron chi connectivity index (χ3n) is 5.24. The Kier molecular flexibility index (Phi) is 8.55. The minimum atomic E-state index is -3.27. The van der Waals surface area contributed by atoms with Gasteiger partial charge in [-0.2, -0.15) is 0 Å². The van der Waals surface area contributed by atoms with Crippen LogP contribution in [0.4, 0.5) is 31.3 Å². The summed E-state index contributed by atoms with van der Waals surface area (Å²) in [6.07, 6.45) is -2.81. The van der Waals surface area contributed by atoms with Crippen LogP contribution in [0.15, 0.2) is 23.2 Å². The fourth-order valence-corrected chi connectivity index (χ4v) is 4.55. The van der Waals surface area contributed by atoms with Crippen molar-refractivity contribution in [2.75, 3.05) is 25.4 Å². The molecule has 1 aliphatic rings. The van der Waals surface area contributed by atoms with Gasteiger partial charge in [0.15, 0.2) is 5.69 Å². The molecule has 2 unspecified atom stereocenters. The third-order valence-corrected chi connectivity index (χ3v) is 6.15. The molecule has 0 saturated carbocycles. The minimum Gasteiger partial charge on any atom is -0.389 e. The van der Waals surface area contributed by atoms with Crippen LogP contribution in [-0.2, 0) is 0 Å². The van der Waals surface area contributed by atoms with Gasteiger partial charge in [0.25, 0.3) is 18.3 Å². The van der Waals surface area contributed by atoms with E-state index in [1.54, 1.807) is 0 Å². The van der Waals surface area contributed by atoms with Gasteiger partial charge in [-0.1, -0.05) is 17.4 Å². The molecular formula is C21H23F6N7OS. The lowest BCUT2D eigenvalue weighted by Crippen LogP contribution is -2.52. The molecule has 15 heteroatoms. The number of amides is 1. The van der Waals surface area contributed by atoms with Crippen LogP contribution in [0.3, 0.4) is 0 Å². The molecule has 2 aromatic rings. The van der Waals surface area contributed by atoms with E-state index in [0.717, 1.165) is 23.1 Å². The number of aromatic nitrogens is 1. The number of thiazole rings is 1. The molecule has 36 heavy (non-hydrogen) atoms. The highest BCUT2D eigenvalue weighted by molar-refractivity contribution is 7.19. The van der Waals surface area contributed by atoms with Crippen molar-refractivity contribution >= 4 is 34.3 Å². The summed E-state index contributed by atoms with van der Waals surface area (Å²) in [5, 5.41) is 9.55. The summed E-state index contributed by atoms with van der Waals surface area (Å²) in [6.45, 7) is -2.04. The molecular weight excluding hydrogens is 512 g/mol. The molecule has 2 heterocycles. The Morgan fingerprint density at radius 1 is 1.36 bits per heavy atom. The molecule has 1 aromatic heterocycles. The van der Waals surface area contributed by atoms with Gasteiger partial charge in [0.05, 0.1) is 12.1 Å². The second-order valence-corrected chi connectivity index (χ2v) is 9.10. The molecule has 2 atom stereocenters. The van der Waals surface area contributed by atoms with Crippen LogP contribution in [-0.4, -0.2) is 71.9 Å². The van der Waals surface area contributed by atoms with E-state index in [1.807, 2.05) is 0 Å². The number of nitrogens with one attached hydrogen (secondary N) is 2. The topological polar surface area (TPSA) is 133 Å². The number of hydrogen-bond acceptors (Lipinski definition) is 7. The van der Waals surface area contributed by atoms with Gasteiger partial charge in [0, 0.05) is 25.2 Å². The van der Waals surface area contributed by atoms with Crippen molar-refractivity contribution in [1.29, 1.82) is 5.41 Å². The Bertz CT molecular complexity index is 1120. The van der Waals surface area contributed by atoms with Gasteiger partial charge in [0.1, 0.15) is 40.1 Å². The van der Waals surface area contributed by atoms with Crippen molar-refractivity contribution in [2.24, 2.45) is 10.7 Å². The molecule has 1 fully saturated rings. The zero-order valence-electron chi connectivity index (χ0n) is 18.7. The number of carbonyl (C=O) groups excluding carboxylic acids is 1. The Labute approximate surface area is 205 Å². The maximum atomic E-state index is 14.3. The van der Waals surface area contributed by atoms with E-state index < -0.39 is 72.7 Å². The number of nitrogens with two attached hydrogens (primary N) is 2. The van der Waals surface area contributed by atoms with Crippen molar-refractivity contribution in [3.8, 4) is 10.6 Å². The van der Waals surface area contributed by atoms with E-state index in [0.29, 0.717) is 17.6 Å². The summed E-state index contributed by atoms with van der Waals surface area (Å²) >= 11 is 0.628. The fraction of sp³-hybridized carbons (Fsp3) is 0.429. The number of likely N-dealkylation sites (tertiary alicyclic amines) is 1. The zero-order chi connectivity index (χ0) is 26.6. The van der Waals surface area contributed by atoms with E-state index in [9.17, 15) is 31.1 Å². The first kappa shape index (κ1) is 27.4. The highest BCUT2D eigenvalue weighted by Gasteiger charge is 2.39. The fourth-order valence-electron chi connectivity index (χ4n) is 3.68. The van der Waals surface area contributed by atoms with E-state index in [1.165, 1.54) is 0 Å². The van der Waals surface area contributed by atoms with E-state index >= 15 is 0 Å². The molecule has 0 aliphatic carbocycles. The normalized spacial score (nSPS) is 19.2. The van der Waals surface area contributed by atoms with Crippen molar-refractivity contribution in [2.45, 2.75) is 37.3 Å². The Balaban J connectivity index is 1.90. The van der Waals surface area contributed by atoms with Crippen LogP contribution in [0.5, 0.6) is 0 Å². The lowest BCUT2D eigenvalue weighted by molar-refractivity contribution is -0.0207. The van der Waals surface area contributed by atoms with E-state index in [2.05, 4.69) is 15.3 Å². The van der Waals surface area contributed by atoms with Crippen LogP contribution in [0, 0.1) is 17.0 Å². The van der Waals surface area contributed by atoms with Gasteiger partial charge in [-0.15, -0.1) is 0 Å². The lowest BCUT2D eigenvalue weighted by Gasteiger charge is -2.30. The van der Waals surface area contributed by atoms with Gasteiger partial charge < -0.3 is 27.1 Å². The van der Waals surface area contributed by atoms with Crippen molar-refractivity contribution in [3.05, 3.63) is 35.5 Å². The van der Waals surface area contributed by atoms with Gasteiger partial charge >= 0.3 is 0 Å². The van der Waals surface area contributed by atoms with Crippen molar-refractivity contribution < 1.29 is 31.1 Å². The number of nitrogen functional groups attached to an aromatic ring is 1. The first-order valence-corrected chi connectivity index (χ1v) is 11.5. The molecule has 0 radical (unpaired) electrons. The summed E-state index contributed by atoms with van der Waals surface area (Å²) in [7, 11) is 0. The zero-order valence-corrected chi connectivity index (χ0v) is 19.5. The number of aliphatic imine (C=N–C) groups is 1. The third kappa shape index (κ3) is 6.51. The number of hydrogen-bond donors (Lipinski definition) is 4. The van der Waals surface area contributed by atoms with Crippen LogP contribution >= 0.6 is 11.3 Å². The summed E-state index contributed by atoms with van der Waals surface area (Å²) in [5.41, 5.74) is 10.6. The van der Waals surface area contributed by atoms with E-state index in [-0.39, 0.29) is 28.8 Å². The number of amidine groups is 1. The first-order valence-electron chi connectivity index (χ1n) is 10.6. The average molecular weight is 536 g/mol. The molecule has 3 rings (SSSR count). The summed E-state index contributed by atoms with van der Waals surface area (Å²) < 4.78 is 82.8. The van der Waals surface area contributed by atoms with Crippen molar-refractivity contribution in [1.82, 2.24) is 15.2 Å². The smallest absolute Gasteiger partial charge is 0.273 e. The summed E-state index contributed by atoms with van der Waals surface area (Å²) in [5.74, 6) is -6.55. The monoisotopic (exact) mass is 535 g/mol. The molecule has 8 nitrogen and oxygen atoms in total. The van der Waals surface area contributed by atoms with Crippen LogP contribution in [0.25, 0.3) is 10.6 Å². The molecule has 6 N–H and O–H groups in total. The number of anilines is 1. The van der Waals surface area contributed by atoms with Gasteiger partial charge in [0.2, 0.25) is 0 Å². The molecule has 1 aliphatic heterocycles. The van der Waals surface area contributed by atoms with Gasteiger partial charge in [-0.25, -0.2) is 31.3 Å². The highest BCUT2D eigenvalue weighted by Crippen LogP contribution is 2.33. The van der Waals surface area contributed by atoms with Crippen LogP contribution in [0.2, 0.25) is 0 Å². The second-order valence-electron chi connectivity index (χ2n) is 8.07. The minimum absolute atomic E-state index is 0.0748. The standard InChI is InChI=1S/C21H23F6N7OS/c22-11-2-1-3-12(23)15(11)20-33-16(17(30)36-20)19(35)32-13(7-28)18(31-8-14(24)25)34-5-4-10(29)6-21(26,27)9-34/h1-3,7,10,13-14,28H,4-6,8-9,29-30H2,(H,32,35). The number of carbonyl (C=O) groups is 1. The molecule has 0 bridgehead atoms. The largest absolute Gasteiger partial charge is 0.389 e. The molecule has 1 amide bonds. The summed E-state index contributed by atoms with van der Waals surface area (Å²) in [4.78, 5) is 21.5. The van der Waals surface area contributed by atoms with Crippen LogP contribution < -0.4 is 16.8 Å². The first-order chi connectivity index (χ1) is 16.9. The Morgan fingerprint density at radius 3 is 2.64 bits per heavy atom. The molecule has 1 saturated heterocycles. The molecule has 1 aromatic carbocycles. The predicted octanol–water partition coefficient (Wildman–Crippen LogP) is 3.14. The number of nitrogens with zero attached hydrogens (tertiary/aromatic N) is 3. The molecule has 196 valence electrons. The van der Waals surface area contributed by atoms with Crippen molar-refractivity contribution in [3.63, 3.8) is 0 Å². The van der Waals surface area contributed by atoms with Crippen LogP contribution in [0.1, 0.15) is 23.3 Å². The van der Waals surface area contributed by atoms with E-state index in [4.69, 9.17) is 16.9 Å². The number of rotatable bonds is 7. The number of alkyl halides is 4. The maximum Gasteiger partial charge on any atom is 0.273 e. The lowest BCUT2D eigenvalue weighted by atomic mass is 10.1. The molecule has 0 spiro atoms. The number of benzene rings is 1. The van der Waals surface area contributed by atoms with Gasteiger partial charge in [-0.05, 0) is 18.6 Å². The predicted molar refractivity (Wildman–Crippen MR) is 124 cm³/mol. The average Bonchev–Trinajstić information content (AvgIpc) is 3.09. The Morgan fingerprint density at radius 2 is 2.03 bits per heavy atom.